The molecule has 122 valence electrons. The third-order valence-corrected chi connectivity index (χ3v) is 3.97. The molecule has 0 radical (unpaired) electrons. The van der Waals surface area contributed by atoms with Gasteiger partial charge < -0.3 is 10.2 Å². The van der Waals surface area contributed by atoms with E-state index in [4.69, 9.17) is 11.6 Å². The van der Waals surface area contributed by atoms with Crippen LogP contribution in [-0.4, -0.2) is 29.3 Å². The van der Waals surface area contributed by atoms with Gasteiger partial charge in [0.2, 0.25) is 0 Å². The molecule has 0 saturated heterocycles. The molecule has 3 rings (SSSR count). The lowest BCUT2D eigenvalue weighted by atomic mass is 10.1. The van der Waals surface area contributed by atoms with Crippen molar-refractivity contribution in [1.29, 1.82) is 0 Å². The SMILES string of the molecule is CNc1cnn2c1C(=O)N(c1ccc(C(F)(F)F)c(Cl)c1)CC2. The molecule has 1 aromatic carbocycles. The predicted molar refractivity (Wildman–Crippen MR) is 79.9 cm³/mol. The van der Waals surface area contributed by atoms with Crippen LogP contribution >= 0.6 is 11.6 Å². The number of rotatable bonds is 2. The Morgan fingerprint density at radius 1 is 1.30 bits per heavy atom. The van der Waals surface area contributed by atoms with Gasteiger partial charge in [-0.05, 0) is 18.2 Å². The van der Waals surface area contributed by atoms with E-state index >= 15 is 0 Å². The number of anilines is 2. The van der Waals surface area contributed by atoms with Gasteiger partial charge in [-0.3, -0.25) is 9.48 Å². The number of fused-ring (bicyclic) bond motifs is 1. The van der Waals surface area contributed by atoms with Gasteiger partial charge in [0, 0.05) is 19.3 Å². The molecule has 0 fully saturated rings. The molecule has 0 bridgehead atoms. The molecule has 0 atom stereocenters. The molecule has 5 nitrogen and oxygen atoms in total. The molecule has 1 amide bonds. The van der Waals surface area contributed by atoms with Crippen LogP contribution in [0.3, 0.4) is 0 Å². The molecule has 1 aliphatic heterocycles. The van der Waals surface area contributed by atoms with Gasteiger partial charge in [0.15, 0.2) is 0 Å². The molecule has 2 heterocycles. The molecule has 0 saturated carbocycles. The lowest BCUT2D eigenvalue weighted by Crippen LogP contribution is -2.40. The Labute approximate surface area is 134 Å². The summed E-state index contributed by atoms with van der Waals surface area (Å²) in [5.41, 5.74) is 0.336. The van der Waals surface area contributed by atoms with E-state index in [-0.39, 0.29) is 5.91 Å². The number of aromatic nitrogens is 2. The fourth-order valence-corrected chi connectivity index (χ4v) is 2.82. The summed E-state index contributed by atoms with van der Waals surface area (Å²) in [5, 5.41) is 6.54. The van der Waals surface area contributed by atoms with Crippen LogP contribution in [0.4, 0.5) is 24.5 Å². The van der Waals surface area contributed by atoms with Crippen molar-refractivity contribution in [2.45, 2.75) is 12.7 Å². The second kappa shape index (κ2) is 5.45. The predicted octanol–water partition coefficient (Wildman–Crippen LogP) is 3.26. The van der Waals surface area contributed by atoms with Crippen molar-refractivity contribution >= 4 is 28.9 Å². The van der Waals surface area contributed by atoms with Crippen LogP contribution in [0, 0.1) is 0 Å². The Hall–Kier alpha value is -2.22. The summed E-state index contributed by atoms with van der Waals surface area (Å²) in [6.07, 6.45) is -2.99. The van der Waals surface area contributed by atoms with Gasteiger partial charge in [0.25, 0.3) is 5.91 Å². The highest BCUT2D eigenvalue weighted by Crippen LogP contribution is 2.37. The summed E-state index contributed by atoms with van der Waals surface area (Å²) in [6.45, 7) is 0.750. The van der Waals surface area contributed by atoms with Crippen molar-refractivity contribution in [1.82, 2.24) is 9.78 Å². The maximum Gasteiger partial charge on any atom is 0.417 e. The number of benzene rings is 1. The summed E-state index contributed by atoms with van der Waals surface area (Å²) >= 11 is 5.73. The highest BCUT2D eigenvalue weighted by Gasteiger charge is 2.34. The largest absolute Gasteiger partial charge is 0.417 e. The molecular formula is C14H12ClF3N4O. The molecule has 1 aromatic heterocycles. The minimum Gasteiger partial charge on any atom is -0.385 e. The number of nitrogens with one attached hydrogen (secondary N) is 1. The van der Waals surface area contributed by atoms with Crippen molar-refractivity contribution in [2.24, 2.45) is 0 Å². The number of halogens is 4. The quantitative estimate of drug-likeness (QED) is 0.909. The van der Waals surface area contributed by atoms with Crippen LogP contribution in [0.25, 0.3) is 0 Å². The Kier molecular flexibility index (Phi) is 3.71. The normalized spacial score (nSPS) is 14.8. The van der Waals surface area contributed by atoms with Gasteiger partial charge in [-0.2, -0.15) is 18.3 Å². The fraction of sp³-hybridized carbons (Fsp3) is 0.286. The standard InChI is InChI=1S/C14H12ClF3N4O/c1-19-11-7-20-22-5-4-21(13(23)12(11)22)8-2-3-9(10(15)6-8)14(16,17)18/h2-3,6-7,19H,4-5H2,1H3. The van der Waals surface area contributed by atoms with E-state index in [0.717, 1.165) is 12.1 Å². The Bertz CT molecular complexity index is 758. The van der Waals surface area contributed by atoms with Crippen molar-refractivity contribution in [3.8, 4) is 0 Å². The number of carbonyl (C=O) groups is 1. The highest BCUT2D eigenvalue weighted by molar-refractivity contribution is 6.31. The van der Waals surface area contributed by atoms with E-state index in [9.17, 15) is 18.0 Å². The average molecular weight is 345 g/mol. The van der Waals surface area contributed by atoms with E-state index < -0.39 is 16.8 Å². The van der Waals surface area contributed by atoms with Crippen molar-refractivity contribution in [3.63, 3.8) is 0 Å². The van der Waals surface area contributed by atoms with Crippen LogP contribution in [-0.2, 0) is 12.7 Å². The van der Waals surface area contributed by atoms with Crippen molar-refractivity contribution in [3.05, 3.63) is 40.7 Å². The van der Waals surface area contributed by atoms with Crippen LogP contribution in [0.2, 0.25) is 5.02 Å². The van der Waals surface area contributed by atoms with Gasteiger partial charge in [-0.1, -0.05) is 11.6 Å². The van der Waals surface area contributed by atoms with Crippen molar-refractivity contribution < 1.29 is 18.0 Å². The van der Waals surface area contributed by atoms with Gasteiger partial charge >= 0.3 is 6.18 Å². The first-order chi connectivity index (χ1) is 10.8. The molecule has 0 aliphatic carbocycles. The van der Waals surface area contributed by atoms with Gasteiger partial charge in [0.05, 0.1) is 29.0 Å². The molecule has 23 heavy (non-hydrogen) atoms. The summed E-state index contributed by atoms with van der Waals surface area (Å²) in [6, 6.07) is 3.29. The summed E-state index contributed by atoms with van der Waals surface area (Å²) in [4.78, 5) is 14.0. The first-order valence-electron chi connectivity index (χ1n) is 6.75. The minimum absolute atomic E-state index is 0.304. The van der Waals surface area contributed by atoms with Gasteiger partial charge in [-0.25, -0.2) is 0 Å². The van der Waals surface area contributed by atoms with Crippen LogP contribution in [0.1, 0.15) is 16.1 Å². The third kappa shape index (κ3) is 2.63. The first kappa shape index (κ1) is 15.7. The number of alkyl halides is 3. The van der Waals surface area contributed by atoms with E-state index in [2.05, 4.69) is 10.4 Å². The second-order valence-electron chi connectivity index (χ2n) is 5.00. The second-order valence-corrected chi connectivity index (χ2v) is 5.41. The van der Waals surface area contributed by atoms with E-state index in [0.29, 0.717) is 30.2 Å². The van der Waals surface area contributed by atoms with E-state index in [1.54, 1.807) is 11.7 Å². The monoisotopic (exact) mass is 344 g/mol. The maximum atomic E-state index is 12.8. The molecule has 9 heteroatoms. The number of nitrogens with zero attached hydrogens (tertiary/aromatic N) is 3. The number of amides is 1. The van der Waals surface area contributed by atoms with Crippen LogP contribution in [0.15, 0.2) is 24.4 Å². The molecule has 0 unspecified atom stereocenters. The Morgan fingerprint density at radius 2 is 2.04 bits per heavy atom. The van der Waals surface area contributed by atoms with Gasteiger partial charge in [-0.15, -0.1) is 0 Å². The molecular weight excluding hydrogens is 333 g/mol. The average Bonchev–Trinajstić information content (AvgIpc) is 2.90. The number of hydrogen-bond acceptors (Lipinski definition) is 3. The first-order valence-corrected chi connectivity index (χ1v) is 7.13. The third-order valence-electron chi connectivity index (χ3n) is 3.66. The Morgan fingerprint density at radius 3 is 2.65 bits per heavy atom. The molecule has 1 N–H and O–H groups in total. The van der Waals surface area contributed by atoms with Crippen molar-refractivity contribution in [2.75, 3.05) is 23.8 Å². The Balaban J connectivity index is 1.97. The maximum absolute atomic E-state index is 12.8. The van der Waals surface area contributed by atoms with E-state index in [1.807, 2.05) is 0 Å². The molecule has 1 aliphatic rings. The lowest BCUT2D eigenvalue weighted by molar-refractivity contribution is -0.137. The van der Waals surface area contributed by atoms with Crippen LogP contribution in [0.5, 0.6) is 0 Å². The highest BCUT2D eigenvalue weighted by atomic mass is 35.5. The zero-order valence-corrected chi connectivity index (χ0v) is 12.7. The molecule has 2 aromatic rings. The number of carbonyl (C=O) groups excluding carboxylic acids is 1. The number of hydrogen-bond donors (Lipinski definition) is 1. The summed E-state index contributed by atoms with van der Waals surface area (Å²) in [7, 11) is 1.67. The zero-order chi connectivity index (χ0) is 16.8. The minimum atomic E-state index is -4.53. The summed E-state index contributed by atoms with van der Waals surface area (Å²) in [5.74, 6) is -0.339. The smallest absolute Gasteiger partial charge is 0.385 e. The topological polar surface area (TPSA) is 50.2 Å². The fourth-order valence-electron chi connectivity index (χ4n) is 2.54. The van der Waals surface area contributed by atoms with E-state index in [1.165, 1.54) is 17.2 Å². The zero-order valence-electron chi connectivity index (χ0n) is 12.0. The summed E-state index contributed by atoms with van der Waals surface area (Å²) < 4.78 is 39.9. The lowest BCUT2D eigenvalue weighted by Gasteiger charge is -2.28. The molecule has 0 spiro atoms. The van der Waals surface area contributed by atoms with Gasteiger partial charge in [0.1, 0.15) is 5.69 Å². The van der Waals surface area contributed by atoms with Crippen LogP contribution < -0.4 is 10.2 Å².